The predicted molar refractivity (Wildman–Crippen MR) is 99.3 cm³/mol. The average molecular weight is 330 g/mol. The Balaban J connectivity index is 1.93. The van der Waals surface area contributed by atoms with Crippen LogP contribution in [0, 0.1) is 5.92 Å². The molecule has 0 aliphatic rings. The third-order valence-corrected chi connectivity index (χ3v) is 3.72. The van der Waals surface area contributed by atoms with Crippen molar-refractivity contribution >= 4 is 17.2 Å². The number of halogens is 1. The van der Waals surface area contributed by atoms with Gasteiger partial charge in [-0.3, -0.25) is 0 Å². The minimum Gasteiger partial charge on any atom is -0.457 e. The molecular formula is C20H24ClNO. The number of benzene rings is 2. The van der Waals surface area contributed by atoms with Gasteiger partial charge in [0, 0.05) is 11.6 Å². The van der Waals surface area contributed by atoms with Gasteiger partial charge in [-0.2, -0.15) is 0 Å². The van der Waals surface area contributed by atoms with E-state index in [2.05, 4.69) is 44.3 Å². The Morgan fingerprint density at radius 2 is 1.61 bits per heavy atom. The van der Waals surface area contributed by atoms with Crippen LogP contribution in [0.15, 0.2) is 54.6 Å². The number of rotatable bonds is 7. The highest BCUT2D eigenvalue weighted by Crippen LogP contribution is 2.24. The molecule has 2 aromatic carbocycles. The van der Waals surface area contributed by atoms with E-state index in [1.807, 2.05) is 36.4 Å². The van der Waals surface area contributed by atoms with E-state index in [-0.39, 0.29) is 0 Å². The van der Waals surface area contributed by atoms with Crippen LogP contribution in [-0.4, -0.2) is 13.1 Å². The fourth-order valence-corrected chi connectivity index (χ4v) is 2.27. The Morgan fingerprint density at radius 1 is 1.04 bits per heavy atom. The monoisotopic (exact) mass is 329 g/mol. The zero-order valence-corrected chi connectivity index (χ0v) is 14.7. The molecule has 2 nitrogen and oxygen atoms in total. The molecule has 0 unspecified atom stereocenters. The third-order valence-electron chi connectivity index (χ3n) is 3.46. The lowest BCUT2D eigenvalue weighted by Crippen LogP contribution is -2.19. The predicted octanol–water partition coefficient (Wildman–Crippen LogP) is 5.78. The number of hydrogen-bond donors (Lipinski definition) is 1. The quantitative estimate of drug-likeness (QED) is 0.650. The van der Waals surface area contributed by atoms with Crippen LogP contribution in [0.5, 0.6) is 11.5 Å². The molecule has 0 saturated carbocycles. The zero-order valence-electron chi connectivity index (χ0n) is 14.0. The summed E-state index contributed by atoms with van der Waals surface area (Å²) in [7, 11) is 0. The van der Waals surface area contributed by atoms with E-state index in [1.165, 1.54) is 11.1 Å². The summed E-state index contributed by atoms with van der Waals surface area (Å²) < 4.78 is 5.80. The maximum Gasteiger partial charge on any atom is 0.127 e. The average Bonchev–Trinajstić information content (AvgIpc) is 2.54. The van der Waals surface area contributed by atoms with E-state index in [0.717, 1.165) is 24.6 Å². The molecule has 23 heavy (non-hydrogen) atoms. The Kier molecular flexibility index (Phi) is 6.69. The molecule has 0 aliphatic heterocycles. The number of ether oxygens (including phenoxy) is 1. The molecule has 3 heteroatoms. The van der Waals surface area contributed by atoms with Gasteiger partial charge in [0.25, 0.3) is 0 Å². The maximum absolute atomic E-state index is 5.87. The molecule has 2 rings (SSSR count). The van der Waals surface area contributed by atoms with Crippen LogP contribution in [0.4, 0.5) is 0 Å². The van der Waals surface area contributed by atoms with E-state index >= 15 is 0 Å². The van der Waals surface area contributed by atoms with Crippen LogP contribution in [-0.2, 0) is 0 Å². The van der Waals surface area contributed by atoms with Crippen molar-refractivity contribution in [3.05, 3.63) is 65.2 Å². The van der Waals surface area contributed by atoms with Gasteiger partial charge in [-0.15, -0.1) is 0 Å². The topological polar surface area (TPSA) is 21.3 Å². The van der Waals surface area contributed by atoms with Crippen molar-refractivity contribution in [1.82, 2.24) is 5.32 Å². The van der Waals surface area contributed by atoms with Crippen molar-refractivity contribution in [2.75, 3.05) is 13.1 Å². The molecular weight excluding hydrogens is 306 g/mol. The van der Waals surface area contributed by atoms with Crippen LogP contribution < -0.4 is 10.1 Å². The van der Waals surface area contributed by atoms with E-state index in [0.29, 0.717) is 10.9 Å². The largest absolute Gasteiger partial charge is 0.457 e. The molecule has 2 aromatic rings. The second-order valence-electron chi connectivity index (χ2n) is 6.02. The second kappa shape index (κ2) is 8.76. The van der Waals surface area contributed by atoms with Gasteiger partial charge in [0.15, 0.2) is 0 Å². The van der Waals surface area contributed by atoms with Gasteiger partial charge in [-0.1, -0.05) is 43.7 Å². The van der Waals surface area contributed by atoms with Crippen molar-refractivity contribution in [2.24, 2.45) is 5.92 Å². The molecule has 0 radical (unpaired) electrons. The van der Waals surface area contributed by atoms with Crippen LogP contribution >= 0.6 is 11.6 Å². The summed E-state index contributed by atoms with van der Waals surface area (Å²) in [5, 5.41) is 4.13. The standard InChI is InChI=1S/C20H24ClNO/c1-15(2)14-22-13-12-16(3)17-4-8-19(9-5-17)23-20-10-6-18(21)7-11-20/h4-12,15,22H,13-14H2,1-3H3. The molecule has 1 N–H and O–H groups in total. The lowest BCUT2D eigenvalue weighted by Gasteiger charge is -2.08. The summed E-state index contributed by atoms with van der Waals surface area (Å²) in [6.07, 6.45) is 2.22. The molecule has 0 aromatic heterocycles. The van der Waals surface area contributed by atoms with Crippen LogP contribution in [0.3, 0.4) is 0 Å². The molecule has 0 amide bonds. The molecule has 0 aliphatic carbocycles. The zero-order chi connectivity index (χ0) is 16.7. The maximum atomic E-state index is 5.87. The summed E-state index contributed by atoms with van der Waals surface area (Å²) in [4.78, 5) is 0. The molecule has 122 valence electrons. The van der Waals surface area contributed by atoms with Crippen LogP contribution in [0.1, 0.15) is 26.3 Å². The van der Waals surface area contributed by atoms with Crippen molar-refractivity contribution in [3.63, 3.8) is 0 Å². The van der Waals surface area contributed by atoms with Crippen LogP contribution in [0.25, 0.3) is 5.57 Å². The molecule has 0 saturated heterocycles. The minimum atomic E-state index is 0.674. The fourth-order valence-electron chi connectivity index (χ4n) is 2.14. The van der Waals surface area contributed by atoms with E-state index in [4.69, 9.17) is 16.3 Å². The summed E-state index contributed by atoms with van der Waals surface area (Å²) >= 11 is 5.87. The van der Waals surface area contributed by atoms with Crippen molar-refractivity contribution in [3.8, 4) is 11.5 Å². The highest BCUT2D eigenvalue weighted by molar-refractivity contribution is 6.30. The number of nitrogens with one attached hydrogen (secondary N) is 1. The van der Waals surface area contributed by atoms with Gasteiger partial charge in [0.05, 0.1) is 0 Å². The number of hydrogen-bond acceptors (Lipinski definition) is 2. The smallest absolute Gasteiger partial charge is 0.127 e. The first-order valence-corrected chi connectivity index (χ1v) is 8.33. The summed E-state index contributed by atoms with van der Waals surface area (Å²) in [6.45, 7) is 8.49. The second-order valence-corrected chi connectivity index (χ2v) is 6.46. The minimum absolute atomic E-state index is 0.674. The van der Waals surface area contributed by atoms with E-state index in [1.54, 1.807) is 0 Å². The molecule has 0 bridgehead atoms. The highest BCUT2D eigenvalue weighted by Gasteiger charge is 2.00. The SMILES string of the molecule is CC(=CCNCC(C)C)c1ccc(Oc2ccc(Cl)cc2)cc1. The third kappa shape index (κ3) is 6.09. The van der Waals surface area contributed by atoms with Gasteiger partial charge in [-0.05, 0) is 66.9 Å². The first kappa shape index (κ1) is 17.6. The fraction of sp³-hybridized carbons (Fsp3) is 0.300. The Morgan fingerprint density at radius 3 is 2.17 bits per heavy atom. The highest BCUT2D eigenvalue weighted by atomic mass is 35.5. The summed E-state index contributed by atoms with van der Waals surface area (Å²) in [5.74, 6) is 2.28. The van der Waals surface area contributed by atoms with Crippen LogP contribution in [0.2, 0.25) is 5.02 Å². The lowest BCUT2D eigenvalue weighted by atomic mass is 10.1. The Labute approximate surface area is 144 Å². The Hall–Kier alpha value is -1.77. The lowest BCUT2D eigenvalue weighted by molar-refractivity contribution is 0.482. The van der Waals surface area contributed by atoms with Gasteiger partial charge in [-0.25, -0.2) is 0 Å². The van der Waals surface area contributed by atoms with Gasteiger partial charge >= 0.3 is 0 Å². The molecule has 0 fully saturated rings. The molecule has 0 heterocycles. The normalized spacial score (nSPS) is 11.8. The first-order valence-electron chi connectivity index (χ1n) is 7.96. The van der Waals surface area contributed by atoms with Crippen molar-refractivity contribution in [1.29, 1.82) is 0 Å². The van der Waals surface area contributed by atoms with Gasteiger partial charge < -0.3 is 10.1 Å². The summed E-state index contributed by atoms with van der Waals surface area (Å²) in [6, 6.07) is 15.5. The van der Waals surface area contributed by atoms with E-state index in [9.17, 15) is 0 Å². The Bertz CT molecular complexity index is 630. The van der Waals surface area contributed by atoms with Crippen molar-refractivity contribution in [2.45, 2.75) is 20.8 Å². The van der Waals surface area contributed by atoms with Crippen molar-refractivity contribution < 1.29 is 4.74 Å². The number of allylic oxidation sites excluding steroid dienone is 1. The summed E-state index contributed by atoms with van der Waals surface area (Å²) in [5.41, 5.74) is 2.47. The first-order chi connectivity index (χ1) is 11.0. The van der Waals surface area contributed by atoms with Gasteiger partial charge in [0.1, 0.15) is 11.5 Å². The van der Waals surface area contributed by atoms with Gasteiger partial charge in [0.2, 0.25) is 0 Å². The molecule has 0 spiro atoms. The van der Waals surface area contributed by atoms with E-state index < -0.39 is 0 Å². The molecule has 0 atom stereocenters.